The molecule has 0 atom stereocenters. The lowest BCUT2D eigenvalue weighted by Gasteiger charge is -2.30. The molecule has 0 amide bonds. The molecule has 1 rings (SSSR count). The van der Waals surface area contributed by atoms with Crippen LogP contribution in [0.2, 0.25) is 0 Å². The fourth-order valence-corrected chi connectivity index (χ4v) is 2.88. The second-order valence-electron chi connectivity index (χ2n) is 5.41. The van der Waals surface area contributed by atoms with Crippen LogP contribution in [0, 0.1) is 0 Å². The van der Waals surface area contributed by atoms with Gasteiger partial charge in [0.15, 0.2) is 5.96 Å². The van der Waals surface area contributed by atoms with Crippen molar-refractivity contribution in [2.45, 2.75) is 46.3 Å². The van der Waals surface area contributed by atoms with Crippen LogP contribution in [0.4, 0.5) is 0 Å². The highest BCUT2D eigenvalue weighted by molar-refractivity contribution is 14.0. The number of nitrogens with one attached hydrogen (secondary N) is 2. The van der Waals surface area contributed by atoms with Gasteiger partial charge in [-0.2, -0.15) is 11.3 Å². The highest BCUT2D eigenvalue weighted by Crippen LogP contribution is 2.05. The molecule has 0 aliphatic rings. The van der Waals surface area contributed by atoms with Crippen LogP contribution in [0.15, 0.2) is 21.8 Å². The number of halogens is 1. The lowest BCUT2D eigenvalue weighted by atomic mass is 10.2. The van der Waals surface area contributed by atoms with Crippen LogP contribution in [0.5, 0.6) is 0 Å². The van der Waals surface area contributed by atoms with Crippen LogP contribution in [0.1, 0.15) is 33.3 Å². The first kappa shape index (κ1) is 20.7. The summed E-state index contributed by atoms with van der Waals surface area (Å²) in [5.41, 5.74) is 1.30. The molecule has 122 valence electrons. The molecule has 1 heterocycles. The topological polar surface area (TPSA) is 39.7 Å². The monoisotopic (exact) mass is 424 g/mol. The quantitative estimate of drug-likeness (QED) is 0.401. The van der Waals surface area contributed by atoms with Crippen molar-refractivity contribution in [1.82, 2.24) is 15.5 Å². The maximum atomic E-state index is 4.25. The lowest BCUT2D eigenvalue weighted by molar-refractivity contribution is 0.178. The van der Waals surface area contributed by atoms with Gasteiger partial charge in [-0.25, -0.2) is 0 Å². The van der Waals surface area contributed by atoms with Crippen molar-refractivity contribution in [1.29, 1.82) is 0 Å². The summed E-state index contributed by atoms with van der Waals surface area (Å²) in [6, 6.07) is 3.26. The summed E-state index contributed by atoms with van der Waals surface area (Å²) in [4.78, 5) is 6.72. The van der Waals surface area contributed by atoms with Crippen molar-refractivity contribution in [2.75, 3.05) is 20.1 Å². The van der Waals surface area contributed by atoms with Gasteiger partial charge in [-0.3, -0.25) is 9.89 Å². The minimum atomic E-state index is 0. The smallest absolute Gasteiger partial charge is 0.191 e. The Morgan fingerprint density at radius 1 is 1.24 bits per heavy atom. The molecule has 0 aliphatic heterocycles. The number of thiophene rings is 1. The van der Waals surface area contributed by atoms with Gasteiger partial charge in [-0.1, -0.05) is 0 Å². The first-order chi connectivity index (χ1) is 9.54. The average molecular weight is 424 g/mol. The first-order valence-electron chi connectivity index (χ1n) is 7.26. The van der Waals surface area contributed by atoms with E-state index < -0.39 is 0 Å². The standard InChI is InChI=1S/C15H28N4S.HI/c1-12(2)19(13(3)4)8-7-17-15(16-5)18-10-14-6-9-20-11-14;/h6,9,11-13H,7-8,10H2,1-5H3,(H2,16,17,18);1H. The summed E-state index contributed by atoms with van der Waals surface area (Å²) < 4.78 is 0. The van der Waals surface area contributed by atoms with E-state index >= 15 is 0 Å². The van der Waals surface area contributed by atoms with Gasteiger partial charge >= 0.3 is 0 Å². The van der Waals surface area contributed by atoms with Crippen LogP contribution in [0.3, 0.4) is 0 Å². The maximum Gasteiger partial charge on any atom is 0.191 e. The van der Waals surface area contributed by atoms with E-state index in [2.05, 4.69) is 65.0 Å². The van der Waals surface area contributed by atoms with Crippen LogP contribution in [-0.2, 0) is 6.54 Å². The maximum absolute atomic E-state index is 4.25. The summed E-state index contributed by atoms with van der Waals surface area (Å²) in [6.07, 6.45) is 0. The van der Waals surface area contributed by atoms with Crippen LogP contribution in [-0.4, -0.2) is 43.1 Å². The van der Waals surface area contributed by atoms with Crippen molar-refractivity contribution in [3.8, 4) is 0 Å². The van der Waals surface area contributed by atoms with Crippen molar-refractivity contribution in [3.63, 3.8) is 0 Å². The number of rotatable bonds is 7. The highest BCUT2D eigenvalue weighted by Gasteiger charge is 2.12. The summed E-state index contributed by atoms with van der Waals surface area (Å²) >= 11 is 1.72. The van der Waals surface area contributed by atoms with E-state index in [0.29, 0.717) is 12.1 Å². The Kier molecular flexibility index (Phi) is 11.1. The van der Waals surface area contributed by atoms with E-state index in [1.807, 2.05) is 7.05 Å². The van der Waals surface area contributed by atoms with Gasteiger partial charge in [0.1, 0.15) is 0 Å². The SMILES string of the molecule is CN=C(NCCN(C(C)C)C(C)C)NCc1ccsc1.I. The predicted octanol–water partition coefficient (Wildman–Crippen LogP) is 3.15. The normalized spacial score (nSPS) is 11.9. The summed E-state index contributed by atoms with van der Waals surface area (Å²) in [6.45, 7) is 11.7. The van der Waals surface area contributed by atoms with Crippen molar-refractivity contribution in [3.05, 3.63) is 22.4 Å². The van der Waals surface area contributed by atoms with Gasteiger partial charge in [0.25, 0.3) is 0 Å². The highest BCUT2D eigenvalue weighted by atomic mass is 127. The Balaban J connectivity index is 0.00000400. The second kappa shape index (κ2) is 11.3. The van der Waals surface area contributed by atoms with E-state index in [0.717, 1.165) is 25.6 Å². The predicted molar refractivity (Wildman–Crippen MR) is 105 cm³/mol. The molecule has 0 saturated heterocycles. The molecule has 0 radical (unpaired) electrons. The van der Waals surface area contributed by atoms with E-state index in [9.17, 15) is 0 Å². The molecular formula is C15H29IN4S. The third-order valence-corrected chi connectivity index (χ3v) is 3.98. The average Bonchev–Trinajstić information content (AvgIpc) is 2.90. The first-order valence-corrected chi connectivity index (χ1v) is 8.20. The van der Waals surface area contributed by atoms with E-state index in [1.165, 1.54) is 5.56 Å². The Morgan fingerprint density at radius 2 is 1.90 bits per heavy atom. The molecule has 0 aromatic carbocycles. The molecule has 0 saturated carbocycles. The van der Waals surface area contributed by atoms with Crippen molar-refractivity contribution < 1.29 is 0 Å². The number of hydrogen-bond donors (Lipinski definition) is 2. The zero-order valence-corrected chi connectivity index (χ0v) is 16.9. The minimum Gasteiger partial charge on any atom is -0.355 e. The molecule has 1 aromatic rings. The van der Waals surface area contributed by atoms with E-state index in [-0.39, 0.29) is 24.0 Å². The molecule has 2 N–H and O–H groups in total. The molecule has 0 aliphatic carbocycles. The van der Waals surface area contributed by atoms with Gasteiger partial charge in [0.2, 0.25) is 0 Å². The fourth-order valence-electron chi connectivity index (χ4n) is 2.22. The Labute approximate surface area is 150 Å². The zero-order valence-electron chi connectivity index (χ0n) is 13.7. The van der Waals surface area contributed by atoms with Crippen LogP contribution < -0.4 is 10.6 Å². The van der Waals surface area contributed by atoms with Gasteiger partial charge in [-0.15, -0.1) is 24.0 Å². The number of aliphatic imine (C=N–C) groups is 1. The van der Waals surface area contributed by atoms with Gasteiger partial charge in [0, 0.05) is 38.8 Å². The molecule has 6 heteroatoms. The lowest BCUT2D eigenvalue weighted by Crippen LogP contribution is -2.45. The fraction of sp³-hybridized carbons (Fsp3) is 0.667. The molecule has 21 heavy (non-hydrogen) atoms. The summed E-state index contributed by atoms with van der Waals surface area (Å²) in [5.74, 6) is 0.865. The minimum absolute atomic E-state index is 0. The number of nitrogens with zero attached hydrogens (tertiary/aromatic N) is 2. The molecule has 0 fully saturated rings. The van der Waals surface area contributed by atoms with Gasteiger partial charge in [-0.05, 0) is 50.1 Å². The third kappa shape index (κ3) is 8.01. The zero-order chi connectivity index (χ0) is 15.0. The van der Waals surface area contributed by atoms with Gasteiger partial charge < -0.3 is 10.6 Å². The van der Waals surface area contributed by atoms with E-state index in [4.69, 9.17) is 0 Å². The Bertz CT molecular complexity index is 382. The molecule has 4 nitrogen and oxygen atoms in total. The number of guanidine groups is 1. The summed E-state index contributed by atoms with van der Waals surface area (Å²) in [5, 5.41) is 10.9. The molecule has 1 aromatic heterocycles. The molecule has 0 spiro atoms. The number of hydrogen-bond acceptors (Lipinski definition) is 3. The van der Waals surface area contributed by atoms with Crippen molar-refractivity contribution >= 4 is 41.3 Å². The van der Waals surface area contributed by atoms with Gasteiger partial charge in [0.05, 0.1) is 0 Å². The molecular weight excluding hydrogens is 395 g/mol. The molecule has 0 bridgehead atoms. The van der Waals surface area contributed by atoms with Crippen molar-refractivity contribution in [2.24, 2.45) is 4.99 Å². The second-order valence-corrected chi connectivity index (χ2v) is 6.19. The Morgan fingerprint density at radius 3 is 2.38 bits per heavy atom. The largest absolute Gasteiger partial charge is 0.355 e. The molecule has 0 unspecified atom stereocenters. The third-order valence-electron chi connectivity index (χ3n) is 3.25. The van der Waals surface area contributed by atoms with Crippen LogP contribution >= 0.6 is 35.3 Å². The van der Waals surface area contributed by atoms with E-state index in [1.54, 1.807) is 11.3 Å². The summed E-state index contributed by atoms with van der Waals surface area (Å²) in [7, 11) is 1.81. The van der Waals surface area contributed by atoms with Crippen LogP contribution in [0.25, 0.3) is 0 Å². The Hall–Kier alpha value is -0.340.